The number of benzene rings is 3. The highest BCUT2D eigenvalue weighted by molar-refractivity contribution is 5.86. The Hall–Kier alpha value is -2.60. The van der Waals surface area contributed by atoms with E-state index in [4.69, 9.17) is 4.74 Å². The van der Waals surface area contributed by atoms with Crippen LogP contribution in [0.5, 0.6) is 5.75 Å². The Kier molecular flexibility index (Phi) is 11.9. The van der Waals surface area contributed by atoms with Crippen molar-refractivity contribution < 1.29 is 4.74 Å². The normalized spacial score (nSPS) is 18.6. The number of methoxy groups -OCH3 is 1. The lowest BCUT2D eigenvalue weighted by molar-refractivity contribution is 0.0380. The van der Waals surface area contributed by atoms with Gasteiger partial charge in [0.2, 0.25) is 0 Å². The Morgan fingerprint density at radius 1 is 0.800 bits per heavy atom. The fourth-order valence-corrected chi connectivity index (χ4v) is 6.48. The van der Waals surface area contributed by atoms with Gasteiger partial charge in [0, 0.05) is 55.6 Å². The Bertz CT molecular complexity index is 1270. The largest absolute Gasteiger partial charge is 0.496 e. The van der Waals surface area contributed by atoms with Crippen LogP contribution in [0.3, 0.4) is 0 Å². The lowest BCUT2D eigenvalue weighted by atomic mass is 9.82. The molecular weight excluding hydrogens is 561 g/mol. The number of aromatic nitrogens is 1. The van der Waals surface area contributed by atoms with E-state index in [1.165, 1.54) is 47.2 Å². The summed E-state index contributed by atoms with van der Waals surface area (Å²) in [4.78, 5) is 9.67. The summed E-state index contributed by atoms with van der Waals surface area (Å²) < 4.78 is 5.83. The molecule has 2 fully saturated rings. The van der Waals surface area contributed by atoms with Crippen molar-refractivity contribution in [2.24, 2.45) is 0 Å². The Labute approximate surface area is 257 Å². The van der Waals surface area contributed by atoms with Crippen molar-refractivity contribution in [3.8, 4) is 16.9 Å². The topological polar surface area (TPSA) is 28.6 Å². The van der Waals surface area contributed by atoms with Crippen molar-refractivity contribution in [3.63, 3.8) is 0 Å². The first-order valence-corrected chi connectivity index (χ1v) is 13.5. The number of halogens is 3. The lowest BCUT2D eigenvalue weighted by Gasteiger charge is -2.47. The lowest BCUT2D eigenvalue weighted by Crippen LogP contribution is -2.57. The van der Waals surface area contributed by atoms with E-state index >= 15 is 0 Å². The zero-order valence-electron chi connectivity index (χ0n) is 22.8. The van der Waals surface area contributed by atoms with Crippen molar-refractivity contribution in [2.75, 3.05) is 26.7 Å². The van der Waals surface area contributed by atoms with E-state index in [9.17, 15) is 0 Å². The van der Waals surface area contributed by atoms with Crippen LogP contribution in [0.25, 0.3) is 11.1 Å². The molecule has 212 valence electrons. The van der Waals surface area contributed by atoms with E-state index < -0.39 is 0 Å². The molecule has 4 nitrogen and oxygen atoms in total. The molecule has 2 aliphatic rings. The van der Waals surface area contributed by atoms with E-state index in [1.807, 2.05) is 12.4 Å². The molecule has 4 aromatic rings. The second-order valence-electron chi connectivity index (χ2n) is 10.4. The standard InChI is InChI=1S/C33H35N3O.3ClH/c1-37-32-15-14-28(25-16-18-34-19-17-25)21-29(32)22-35-23-30-13-8-20-36(30)31(24-35)33(26-9-4-2-5-10-26)27-11-6-3-7-12-27;;;/h2-7,9-12,14-19,21,30-31,33H,8,13,20,22-24H2,1H3;3*1H/t30-,31-;;;/m0.../s1. The fraction of sp³-hybridized carbons (Fsp3) is 0.303. The molecule has 2 aliphatic heterocycles. The zero-order chi connectivity index (χ0) is 25.0. The maximum absolute atomic E-state index is 5.83. The van der Waals surface area contributed by atoms with Crippen LogP contribution < -0.4 is 4.74 Å². The monoisotopic (exact) mass is 597 g/mol. The number of rotatable bonds is 7. The van der Waals surface area contributed by atoms with Crippen LogP contribution >= 0.6 is 37.2 Å². The van der Waals surface area contributed by atoms with Crippen molar-refractivity contribution in [1.82, 2.24) is 14.8 Å². The molecule has 2 saturated heterocycles. The van der Waals surface area contributed by atoms with Gasteiger partial charge in [-0.05, 0) is 65.9 Å². The summed E-state index contributed by atoms with van der Waals surface area (Å²) in [5, 5.41) is 0. The zero-order valence-corrected chi connectivity index (χ0v) is 25.2. The molecule has 0 spiro atoms. The third-order valence-corrected chi connectivity index (χ3v) is 8.15. The number of pyridine rings is 1. The van der Waals surface area contributed by atoms with Gasteiger partial charge in [-0.15, -0.1) is 37.2 Å². The number of piperazine rings is 1. The summed E-state index contributed by atoms with van der Waals surface area (Å²) in [6, 6.07) is 34.0. The van der Waals surface area contributed by atoms with Gasteiger partial charge in [0.25, 0.3) is 0 Å². The second-order valence-corrected chi connectivity index (χ2v) is 10.4. The highest BCUT2D eigenvalue weighted by Crippen LogP contribution is 2.38. The van der Waals surface area contributed by atoms with Gasteiger partial charge in [0.05, 0.1) is 7.11 Å². The van der Waals surface area contributed by atoms with E-state index in [1.54, 1.807) is 7.11 Å². The van der Waals surface area contributed by atoms with Crippen LogP contribution in [-0.2, 0) is 6.54 Å². The van der Waals surface area contributed by atoms with Crippen LogP contribution in [0.15, 0.2) is 103 Å². The molecule has 3 heterocycles. The highest BCUT2D eigenvalue weighted by atomic mass is 35.5. The maximum Gasteiger partial charge on any atom is 0.123 e. The first-order chi connectivity index (χ1) is 18.3. The van der Waals surface area contributed by atoms with Crippen LogP contribution in [0.1, 0.15) is 35.4 Å². The predicted octanol–water partition coefficient (Wildman–Crippen LogP) is 7.50. The minimum Gasteiger partial charge on any atom is -0.496 e. The van der Waals surface area contributed by atoms with Crippen molar-refractivity contribution in [3.05, 3.63) is 120 Å². The van der Waals surface area contributed by atoms with Crippen LogP contribution in [0.4, 0.5) is 0 Å². The molecule has 0 unspecified atom stereocenters. The van der Waals surface area contributed by atoms with E-state index in [0.717, 1.165) is 25.4 Å². The minimum absolute atomic E-state index is 0. The van der Waals surface area contributed by atoms with Crippen molar-refractivity contribution in [2.45, 2.75) is 37.4 Å². The van der Waals surface area contributed by atoms with Gasteiger partial charge in [-0.3, -0.25) is 14.8 Å². The second kappa shape index (κ2) is 14.9. The van der Waals surface area contributed by atoms with Crippen LogP contribution in [-0.4, -0.2) is 53.6 Å². The predicted molar refractivity (Wildman–Crippen MR) is 171 cm³/mol. The summed E-state index contributed by atoms with van der Waals surface area (Å²) in [5.41, 5.74) is 6.45. The first-order valence-electron chi connectivity index (χ1n) is 13.5. The summed E-state index contributed by atoms with van der Waals surface area (Å²) in [7, 11) is 1.78. The third kappa shape index (κ3) is 6.82. The molecule has 0 bridgehead atoms. The highest BCUT2D eigenvalue weighted by Gasteiger charge is 2.41. The molecule has 2 atom stereocenters. The van der Waals surface area contributed by atoms with Crippen LogP contribution in [0.2, 0.25) is 0 Å². The van der Waals surface area contributed by atoms with Gasteiger partial charge in [-0.1, -0.05) is 66.7 Å². The van der Waals surface area contributed by atoms with Gasteiger partial charge in [-0.2, -0.15) is 0 Å². The SMILES string of the molecule is COc1ccc(-c2ccncc2)cc1CN1C[C@@H]2CCCN2[C@H](C(c2ccccc2)c2ccccc2)C1.Cl.Cl.Cl. The third-order valence-electron chi connectivity index (χ3n) is 8.15. The fourth-order valence-electron chi connectivity index (χ4n) is 6.48. The summed E-state index contributed by atoms with van der Waals surface area (Å²) >= 11 is 0. The molecular formula is C33H38Cl3N3O. The molecule has 0 saturated carbocycles. The van der Waals surface area contributed by atoms with Gasteiger partial charge in [0.15, 0.2) is 0 Å². The molecule has 1 aromatic heterocycles. The average molecular weight is 599 g/mol. The van der Waals surface area contributed by atoms with Crippen LogP contribution in [0, 0.1) is 0 Å². The molecule has 0 radical (unpaired) electrons. The van der Waals surface area contributed by atoms with Gasteiger partial charge < -0.3 is 4.74 Å². The molecule has 0 aliphatic carbocycles. The van der Waals surface area contributed by atoms with E-state index in [2.05, 4.69) is 106 Å². The smallest absolute Gasteiger partial charge is 0.123 e. The Morgan fingerprint density at radius 3 is 2.08 bits per heavy atom. The van der Waals surface area contributed by atoms with Crippen molar-refractivity contribution >= 4 is 37.2 Å². The summed E-state index contributed by atoms with van der Waals surface area (Å²) in [5.74, 6) is 1.31. The van der Waals surface area contributed by atoms with E-state index in [0.29, 0.717) is 18.0 Å². The van der Waals surface area contributed by atoms with Crippen molar-refractivity contribution in [1.29, 1.82) is 0 Å². The maximum atomic E-state index is 5.83. The molecule has 3 aromatic carbocycles. The molecule has 0 amide bonds. The molecule has 6 rings (SSSR count). The van der Waals surface area contributed by atoms with Gasteiger partial charge in [-0.25, -0.2) is 0 Å². The Morgan fingerprint density at radius 2 is 1.45 bits per heavy atom. The molecule has 0 N–H and O–H groups in total. The quantitative estimate of drug-likeness (QED) is 0.220. The summed E-state index contributed by atoms with van der Waals surface area (Å²) in [6.07, 6.45) is 6.27. The Balaban J connectivity index is 0.00000147. The number of ether oxygens (including phenoxy) is 1. The number of fused-ring (bicyclic) bond motifs is 1. The minimum atomic E-state index is 0. The van der Waals surface area contributed by atoms with E-state index in [-0.39, 0.29) is 37.2 Å². The number of hydrogen-bond acceptors (Lipinski definition) is 4. The van der Waals surface area contributed by atoms with Gasteiger partial charge in [0.1, 0.15) is 5.75 Å². The summed E-state index contributed by atoms with van der Waals surface area (Å²) in [6.45, 7) is 4.22. The van der Waals surface area contributed by atoms with Gasteiger partial charge >= 0.3 is 0 Å². The molecule has 40 heavy (non-hydrogen) atoms. The average Bonchev–Trinajstić information content (AvgIpc) is 3.44. The number of hydrogen-bond donors (Lipinski definition) is 0. The number of nitrogens with zero attached hydrogens (tertiary/aromatic N) is 3. The molecule has 7 heteroatoms. The first kappa shape index (κ1) is 31.9.